The molecule has 0 unspecified atom stereocenters. The van der Waals surface area contributed by atoms with E-state index in [0.29, 0.717) is 13.1 Å². The quantitative estimate of drug-likeness (QED) is 0.794. The Bertz CT molecular complexity index is 486. The Hall–Kier alpha value is -1.59. The lowest BCUT2D eigenvalue weighted by Crippen LogP contribution is -2.33. The number of pyridine rings is 1. The number of hydrogen-bond acceptors (Lipinski definition) is 2. The summed E-state index contributed by atoms with van der Waals surface area (Å²) in [4.78, 5) is 17.6. The lowest BCUT2D eigenvalue weighted by molar-refractivity contribution is -0.141. The Kier molecular flexibility index (Phi) is 6.18. The van der Waals surface area contributed by atoms with Crippen LogP contribution in [0.3, 0.4) is 0 Å². The molecule has 0 saturated heterocycles. The molecule has 0 aliphatic carbocycles. The first-order valence-electron chi connectivity index (χ1n) is 7.15. The second-order valence-corrected chi connectivity index (χ2v) is 4.97. The van der Waals surface area contributed by atoms with Crippen molar-refractivity contribution in [3.8, 4) is 0 Å². The first-order chi connectivity index (χ1) is 9.81. The number of carbonyl (C=O) groups is 1. The van der Waals surface area contributed by atoms with Gasteiger partial charge in [0.25, 0.3) is 5.91 Å². The van der Waals surface area contributed by atoms with E-state index in [0.717, 1.165) is 25.3 Å². The Morgan fingerprint density at radius 3 is 2.33 bits per heavy atom. The van der Waals surface area contributed by atoms with E-state index in [1.807, 2.05) is 13.8 Å². The number of halogens is 3. The zero-order valence-electron chi connectivity index (χ0n) is 12.6. The Morgan fingerprint density at radius 2 is 1.86 bits per heavy atom. The van der Waals surface area contributed by atoms with E-state index in [4.69, 9.17) is 0 Å². The minimum atomic E-state index is -4.49. The predicted molar refractivity (Wildman–Crippen MR) is 75.1 cm³/mol. The molecule has 1 aromatic heterocycles. The molecule has 1 amide bonds. The average Bonchev–Trinajstić information content (AvgIpc) is 2.41. The molecule has 0 aromatic carbocycles. The number of amides is 1. The number of nitrogens with zero attached hydrogens (tertiary/aromatic N) is 2. The van der Waals surface area contributed by atoms with E-state index < -0.39 is 11.9 Å². The second-order valence-electron chi connectivity index (χ2n) is 4.97. The van der Waals surface area contributed by atoms with Crippen LogP contribution in [0.15, 0.2) is 12.1 Å². The van der Waals surface area contributed by atoms with Gasteiger partial charge in [0, 0.05) is 13.1 Å². The summed E-state index contributed by atoms with van der Waals surface area (Å²) in [6, 6.07) is 2.09. The highest BCUT2D eigenvalue weighted by atomic mass is 19.4. The number of rotatable bonds is 6. The number of aryl methyl sites for hydroxylation is 1. The van der Waals surface area contributed by atoms with Crippen LogP contribution >= 0.6 is 0 Å². The molecule has 0 atom stereocenters. The Morgan fingerprint density at radius 1 is 1.19 bits per heavy atom. The number of alkyl halides is 3. The molecule has 0 aliphatic heterocycles. The van der Waals surface area contributed by atoms with Crippen LogP contribution in [0.2, 0.25) is 0 Å². The summed E-state index contributed by atoms with van der Waals surface area (Å²) in [5, 5.41) is 0. The summed E-state index contributed by atoms with van der Waals surface area (Å²) in [7, 11) is 0. The van der Waals surface area contributed by atoms with Crippen molar-refractivity contribution in [3.05, 3.63) is 29.1 Å². The topological polar surface area (TPSA) is 33.2 Å². The highest BCUT2D eigenvalue weighted by Crippen LogP contribution is 2.28. The van der Waals surface area contributed by atoms with Gasteiger partial charge in [-0.15, -0.1) is 0 Å². The van der Waals surface area contributed by atoms with Crippen LogP contribution in [0.4, 0.5) is 13.2 Å². The van der Waals surface area contributed by atoms with E-state index in [1.54, 1.807) is 4.90 Å². The third-order valence-electron chi connectivity index (χ3n) is 3.17. The fourth-order valence-corrected chi connectivity index (χ4v) is 2.05. The lowest BCUT2D eigenvalue weighted by Gasteiger charge is -2.23. The van der Waals surface area contributed by atoms with E-state index in [2.05, 4.69) is 4.98 Å². The second kappa shape index (κ2) is 7.43. The maximum Gasteiger partial charge on any atom is 0.433 e. The summed E-state index contributed by atoms with van der Waals surface area (Å²) in [5.74, 6) is -0.246. The molecule has 0 radical (unpaired) electrons. The van der Waals surface area contributed by atoms with Gasteiger partial charge in [0.1, 0.15) is 5.69 Å². The zero-order valence-corrected chi connectivity index (χ0v) is 12.6. The number of hydrogen-bond donors (Lipinski definition) is 0. The molecule has 1 aromatic rings. The van der Waals surface area contributed by atoms with Gasteiger partial charge in [0.2, 0.25) is 0 Å². The summed E-state index contributed by atoms with van der Waals surface area (Å²) in [6.45, 7) is 6.64. The van der Waals surface area contributed by atoms with Crippen molar-refractivity contribution in [2.75, 3.05) is 13.1 Å². The van der Waals surface area contributed by atoms with E-state index in [9.17, 15) is 18.0 Å². The van der Waals surface area contributed by atoms with Gasteiger partial charge in [0.05, 0.1) is 11.3 Å². The van der Waals surface area contributed by atoms with Crippen molar-refractivity contribution < 1.29 is 18.0 Å². The van der Waals surface area contributed by atoms with Gasteiger partial charge in [-0.25, -0.2) is 4.98 Å². The Balaban J connectivity index is 3.00. The van der Waals surface area contributed by atoms with E-state index >= 15 is 0 Å². The SMILES string of the molecule is CCCCN(CCC)C(=O)c1ccc(C(F)(F)F)nc1C. The third kappa shape index (κ3) is 4.72. The van der Waals surface area contributed by atoms with E-state index in [1.165, 1.54) is 13.0 Å². The van der Waals surface area contributed by atoms with Crippen LogP contribution in [-0.4, -0.2) is 28.9 Å². The van der Waals surface area contributed by atoms with Gasteiger partial charge in [0.15, 0.2) is 0 Å². The molecule has 1 rings (SSSR count). The van der Waals surface area contributed by atoms with Gasteiger partial charge < -0.3 is 4.90 Å². The summed E-state index contributed by atoms with van der Waals surface area (Å²) in [6.07, 6.45) is -1.85. The van der Waals surface area contributed by atoms with Gasteiger partial charge in [-0.2, -0.15) is 13.2 Å². The van der Waals surface area contributed by atoms with Crippen molar-refractivity contribution in [2.24, 2.45) is 0 Å². The fourth-order valence-electron chi connectivity index (χ4n) is 2.05. The maximum atomic E-state index is 12.6. The van der Waals surface area contributed by atoms with Crippen molar-refractivity contribution in [1.29, 1.82) is 0 Å². The smallest absolute Gasteiger partial charge is 0.339 e. The highest BCUT2D eigenvalue weighted by molar-refractivity contribution is 5.95. The minimum absolute atomic E-state index is 0.118. The van der Waals surface area contributed by atoms with Crippen LogP contribution in [-0.2, 0) is 6.18 Å². The summed E-state index contributed by atoms with van der Waals surface area (Å²) < 4.78 is 37.8. The molecule has 0 saturated carbocycles. The third-order valence-corrected chi connectivity index (χ3v) is 3.17. The molecule has 1 heterocycles. The fraction of sp³-hybridized carbons (Fsp3) is 0.600. The van der Waals surface area contributed by atoms with Crippen molar-refractivity contribution in [1.82, 2.24) is 9.88 Å². The van der Waals surface area contributed by atoms with E-state index in [-0.39, 0.29) is 17.2 Å². The number of unbranched alkanes of at least 4 members (excludes halogenated alkanes) is 1. The summed E-state index contributed by atoms with van der Waals surface area (Å²) >= 11 is 0. The Labute approximate surface area is 123 Å². The van der Waals surface area contributed by atoms with Crippen LogP contribution < -0.4 is 0 Å². The molecule has 0 spiro atoms. The van der Waals surface area contributed by atoms with Gasteiger partial charge in [-0.3, -0.25) is 4.79 Å². The van der Waals surface area contributed by atoms with Crippen molar-refractivity contribution >= 4 is 5.91 Å². The predicted octanol–water partition coefficient (Wildman–Crippen LogP) is 4.06. The monoisotopic (exact) mass is 302 g/mol. The molecular formula is C15H21F3N2O. The highest BCUT2D eigenvalue weighted by Gasteiger charge is 2.33. The lowest BCUT2D eigenvalue weighted by atomic mass is 10.1. The first kappa shape index (κ1) is 17.5. The van der Waals surface area contributed by atoms with Crippen LogP contribution in [0.25, 0.3) is 0 Å². The normalized spacial score (nSPS) is 11.5. The van der Waals surface area contributed by atoms with Crippen molar-refractivity contribution in [3.63, 3.8) is 0 Å². The van der Waals surface area contributed by atoms with Gasteiger partial charge in [-0.05, 0) is 31.9 Å². The largest absolute Gasteiger partial charge is 0.433 e. The van der Waals surface area contributed by atoms with Gasteiger partial charge in [-0.1, -0.05) is 20.3 Å². The molecule has 21 heavy (non-hydrogen) atoms. The van der Waals surface area contributed by atoms with Crippen LogP contribution in [0.5, 0.6) is 0 Å². The summed E-state index contributed by atoms with van der Waals surface area (Å²) in [5.41, 5.74) is -0.605. The molecule has 6 heteroatoms. The molecule has 0 bridgehead atoms. The molecule has 0 aliphatic rings. The molecule has 0 N–H and O–H groups in total. The first-order valence-corrected chi connectivity index (χ1v) is 7.15. The van der Waals surface area contributed by atoms with Crippen LogP contribution in [0.1, 0.15) is 54.9 Å². The minimum Gasteiger partial charge on any atom is -0.339 e. The standard InChI is InChI=1S/C15H21F3N2O/c1-4-6-10-20(9-5-2)14(21)12-7-8-13(15(16,17)18)19-11(12)3/h7-8H,4-6,9-10H2,1-3H3. The van der Waals surface area contributed by atoms with Gasteiger partial charge >= 0.3 is 6.18 Å². The number of aromatic nitrogens is 1. The molecule has 118 valence electrons. The van der Waals surface area contributed by atoms with Crippen molar-refractivity contribution in [2.45, 2.75) is 46.2 Å². The molecular weight excluding hydrogens is 281 g/mol. The average molecular weight is 302 g/mol. The maximum absolute atomic E-state index is 12.6. The van der Waals surface area contributed by atoms with Crippen LogP contribution in [0, 0.1) is 6.92 Å². The zero-order chi connectivity index (χ0) is 16.0. The molecule has 0 fully saturated rings. The number of carbonyl (C=O) groups excluding carboxylic acids is 1. The molecule has 3 nitrogen and oxygen atoms in total.